The van der Waals surface area contributed by atoms with Crippen molar-refractivity contribution in [3.63, 3.8) is 0 Å². The van der Waals surface area contributed by atoms with Crippen molar-refractivity contribution >= 4 is 0 Å². The zero-order valence-electron chi connectivity index (χ0n) is 12.8. The lowest BCUT2D eigenvalue weighted by Gasteiger charge is -2.33. The largest absolute Gasteiger partial charge is 0.0995 e. The van der Waals surface area contributed by atoms with Crippen LogP contribution in [0.3, 0.4) is 0 Å². The minimum absolute atomic E-state index is 0.241. The Balaban J connectivity index is 2.79. The molecule has 0 N–H and O–H groups in total. The second-order valence-corrected chi connectivity index (χ2v) is 6.88. The number of hydrogen-bond acceptors (Lipinski definition) is 0. The molecule has 0 saturated heterocycles. The number of benzene rings is 1. The van der Waals surface area contributed by atoms with Gasteiger partial charge in [0.2, 0.25) is 0 Å². The molecule has 0 nitrogen and oxygen atoms in total. The Hall–Kier alpha value is -1.04. The highest BCUT2D eigenvalue weighted by atomic mass is 14.3. The molecular formula is C18H26. The van der Waals surface area contributed by atoms with E-state index in [9.17, 15) is 0 Å². The third kappa shape index (κ3) is 2.02. The van der Waals surface area contributed by atoms with Crippen molar-refractivity contribution in [1.82, 2.24) is 0 Å². The summed E-state index contributed by atoms with van der Waals surface area (Å²) >= 11 is 0. The number of fused-ring (bicyclic) bond motifs is 1. The molecule has 0 bridgehead atoms. The summed E-state index contributed by atoms with van der Waals surface area (Å²) in [6, 6.07) is 0. The van der Waals surface area contributed by atoms with E-state index in [1.807, 2.05) is 0 Å². The van der Waals surface area contributed by atoms with Gasteiger partial charge in [-0.25, -0.2) is 0 Å². The third-order valence-electron chi connectivity index (χ3n) is 4.52. The van der Waals surface area contributed by atoms with Crippen molar-refractivity contribution < 1.29 is 0 Å². The molecule has 0 radical (unpaired) electrons. The minimum Gasteiger partial charge on any atom is -0.0995 e. The molecule has 0 heteroatoms. The van der Waals surface area contributed by atoms with E-state index < -0.39 is 0 Å². The van der Waals surface area contributed by atoms with Gasteiger partial charge in [0.15, 0.2) is 0 Å². The number of rotatable bonds is 0. The maximum absolute atomic E-state index is 4.20. The van der Waals surface area contributed by atoms with Crippen LogP contribution in [0.2, 0.25) is 0 Å². The first kappa shape index (κ1) is 13.4. The Kier molecular flexibility index (Phi) is 3.17. The van der Waals surface area contributed by atoms with Gasteiger partial charge in [0, 0.05) is 0 Å². The molecule has 0 spiro atoms. The molecule has 18 heavy (non-hydrogen) atoms. The highest BCUT2D eigenvalue weighted by Crippen LogP contribution is 2.39. The zero-order chi connectivity index (χ0) is 13.7. The molecule has 1 aromatic rings. The van der Waals surface area contributed by atoms with Crippen molar-refractivity contribution in [2.75, 3.05) is 0 Å². The Labute approximate surface area is 112 Å². The molecule has 0 aliphatic heterocycles. The summed E-state index contributed by atoms with van der Waals surface area (Å²) in [5, 5.41) is 0. The maximum Gasteiger partial charge on any atom is -0.00641 e. The normalized spacial score (nSPS) is 15.8. The van der Waals surface area contributed by atoms with Gasteiger partial charge >= 0.3 is 0 Å². The molecule has 0 aromatic heterocycles. The molecule has 0 atom stereocenters. The van der Waals surface area contributed by atoms with Crippen LogP contribution in [0.1, 0.15) is 60.6 Å². The van der Waals surface area contributed by atoms with E-state index in [1.165, 1.54) is 28.7 Å². The Bertz CT molecular complexity index is 510. The van der Waals surface area contributed by atoms with Gasteiger partial charge in [-0.3, -0.25) is 0 Å². The molecule has 0 heterocycles. The summed E-state index contributed by atoms with van der Waals surface area (Å²) in [5.74, 6) is 0. The van der Waals surface area contributed by atoms with Crippen molar-refractivity contribution in [2.45, 2.75) is 66.2 Å². The lowest BCUT2D eigenvalue weighted by molar-refractivity contribution is 0.571. The molecule has 1 aromatic carbocycles. The minimum atomic E-state index is 0.241. The Morgan fingerprint density at radius 3 is 2.00 bits per heavy atom. The van der Waals surface area contributed by atoms with Gasteiger partial charge in [0.05, 0.1) is 0 Å². The summed E-state index contributed by atoms with van der Waals surface area (Å²) in [5.41, 5.74) is 10.9. The number of allylic oxidation sites excluding steroid dienone is 1. The second kappa shape index (κ2) is 4.26. The van der Waals surface area contributed by atoms with Crippen LogP contribution >= 0.6 is 0 Å². The first-order valence-corrected chi connectivity index (χ1v) is 7.02. The summed E-state index contributed by atoms with van der Waals surface area (Å²) in [7, 11) is 0. The van der Waals surface area contributed by atoms with Gasteiger partial charge in [-0.05, 0) is 78.8 Å². The van der Waals surface area contributed by atoms with Crippen LogP contribution in [0.25, 0.3) is 0 Å². The highest BCUT2D eigenvalue weighted by molar-refractivity contribution is 5.55. The zero-order valence-corrected chi connectivity index (χ0v) is 12.8. The predicted octanol–water partition coefficient (Wildman–Crippen LogP) is 4.95. The van der Waals surface area contributed by atoms with Crippen LogP contribution in [-0.4, -0.2) is 0 Å². The van der Waals surface area contributed by atoms with Crippen molar-refractivity contribution in [3.05, 3.63) is 45.5 Å². The summed E-state index contributed by atoms with van der Waals surface area (Å²) < 4.78 is 0. The molecule has 0 fully saturated rings. The van der Waals surface area contributed by atoms with E-state index in [-0.39, 0.29) is 5.41 Å². The molecule has 0 amide bonds. The van der Waals surface area contributed by atoms with Gasteiger partial charge in [-0.1, -0.05) is 32.9 Å². The SMILES string of the molecule is C=C1CCc2c(c(C)c(C)c(C)c2C(C)(C)C)C1. The van der Waals surface area contributed by atoms with Crippen LogP contribution in [-0.2, 0) is 18.3 Å². The monoisotopic (exact) mass is 242 g/mol. The molecule has 98 valence electrons. The van der Waals surface area contributed by atoms with E-state index >= 15 is 0 Å². The fourth-order valence-corrected chi connectivity index (χ4v) is 3.47. The smallest absolute Gasteiger partial charge is 0.00641 e. The second-order valence-electron chi connectivity index (χ2n) is 6.88. The number of hydrogen-bond donors (Lipinski definition) is 0. The summed E-state index contributed by atoms with van der Waals surface area (Å²) in [4.78, 5) is 0. The van der Waals surface area contributed by atoms with E-state index in [1.54, 1.807) is 16.7 Å². The van der Waals surface area contributed by atoms with Crippen molar-refractivity contribution in [2.24, 2.45) is 0 Å². The molecule has 1 aliphatic rings. The van der Waals surface area contributed by atoms with Gasteiger partial charge < -0.3 is 0 Å². The lowest BCUT2D eigenvalue weighted by Crippen LogP contribution is -2.22. The molecule has 0 unspecified atom stereocenters. The summed E-state index contributed by atoms with van der Waals surface area (Å²) in [6.07, 6.45) is 3.44. The van der Waals surface area contributed by atoms with E-state index in [4.69, 9.17) is 0 Å². The van der Waals surface area contributed by atoms with Crippen LogP contribution in [0.15, 0.2) is 12.2 Å². The molecular weight excluding hydrogens is 216 g/mol. The van der Waals surface area contributed by atoms with Crippen molar-refractivity contribution in [3.8, 4) is 0 Å². The molecule has 2 rings (SSSR count). The van der Waals surface area contributed by atoms with Gasteiger partial charge in [0.1, 0.15) is 0 Å². The fourth-order valence-electron chi connectivity index (χ4n) is 3.47. The lowest BCUT2D eigenvalue weighted by atomic mass is 9.72. The van der Waals surface area contributed by atoms with Gasteiger partial charge in [-0.15, -0.1) is 0 Å². The van der Waals surface area contributed by atoms with Crippen LogP contribution in [0.5, 0.6) is 0 Å². The topological polar surface area (TPSA) is 0 Å². The third-order valence-corrected chi connectivity index (χ3v) is 4.52. The average molecular weight is 242 g/mol. The quantitative estimate of drug-likeness (QED) is 0.564. The first-order chi connectivity index (χ1) is 8.23. The first-order valence-electron chi connectivity index (χ1n) is 7.02. The van der Waals surface area contributed by atoms with E-state index in [0.717, 1.165) is 12.8 Å². The van der Waals surface area contributed by atoms with Gasteiger partial charge in [0.25, 0.3) is 0 Å². The van der Waals surface area contributed by atoms with E-state index in [0.29, 0.717) is 0 Å². The average Bonchev–Trinajstić information content (AvgIpc) is 2.26. The molecule has 1 aliphatic carbocycles. The standard InChI is InChI=1S/C18H26/c1-11-8-9-15-16(10-11)13(3)12(2)14(4)17(15)18(5,6)7/h1,8-10H2,2-7H3. The van der Waals surface area contributed by atoms with E-state index in [2.05, 4.69) is 48.1 Å². The fraction of sp³-hybridized carbons (Fsp3) is 0.556. The summed E-state index contributed by atoms with van der Waals surface area (Å²) in [6.45, 7) is 18.1. The Morgan fingerprint density at radius 1 is 0.833 bits per heavy atom. The van der Waals surface area contributed by atoms with Gasteiger partial charge in [-0.2, -0.15) is 0 Å². The van der Waals surface area contributed by atoms with Crippen LogP contribution in [0, 0.1) is 20.8 Å². The van der Waals surface area contributed by atoms with Crippen LogP contribution < -0.4 is 0 Å². The molecule has 0 saturated carbocycles. The van der Waals surface area contributed by atoms with Crippen LogP contribution in [0.4, 0.5) is 0 Å². The van der Waals surface area contributed by atoms with Crippen molar-refractivity contribution in [1.29, 1.82) is 0 Å². The maximum atomic E-state index is 4.20. The highest BCUT2D eigenvalue weighted by Gasteiger charge is 2.27. The Morgan fingerprint density at radius 2 is 1.44 bits per heavy atom. The predicted molar refractivity (Wildman–Crippen MR) is 80.5 cm³/mol.